The molecule has 0 aliphatic rings. The summed E-state index contributed by atoms with van der Waals surface area (Å²) in [6.07, 6.45) is -0.521. The largest absolute Gasteiger partial charge is 0.461 e. The van der Waals surface area contributed by atoms with Gasteiger partial charge in [-0.05, 0) is 32.4 Å². The second kappa shape index (κ2) is 9.28. The zero-order valence-electron chi connectivity index (χ0n) is 17.5. The Labute approximate surface area is 180 Å². The van der Waals surface area contributed by atoms with Crippen molar-refractivity contribution in [2.75, 3.05) is 13.2 Å². The lowest BCUT2D eigenvalue weighted by molar-refractivity contribution is -0.138. The van der Waals surface area contributed by atoms with E-state index < -0.39 is 29.5 Å². The molecule has 3 rings (SSSR count). The number of amides is 1. The van der Waals surface area contributed by atoms with Crippen LogP contribution in [-0.2, 0) is 6.18 Å². The van der Waals surface area contributed by atoms with Crippen molar-refractivity contribution >= 4 is 5.91 Å². The van der Waals surface area contributed by atoms with Crippen molar-refractivity contribution in [1.82, 2.24) is 29.9 Å². The number of carbonyl (C=O) groups excluding carboxylic acids is 1. The highest BCUT2D eigenvalue weighted by molar-refractivity contribution is 5.98. The van der Waals surface area contributed by atoms with Crippen molar-refractivity contribution in [2.24, 2.45) is 0 Å². The van der Waals surface area contributed by atoms with E-state index in [1.807, 2.05) is 0 Å². The smallest absolute Gasteiger partial charge is 0.419 e. The molecule has 0 spiro atoms. The topological polar surface area (TPSA) is 86.0 Å². The summed E-state index contributed by atoms with van der Waals surface area (Å²) < 4.78 is 58.2. The fourth-order valence-electron chi connectivity index (χ4n) is 3.00. The average Bonchev–Trinajstić information content (AvgIpc) is 3.29. The van der Waals surface area contributed by atoms with Gasteiger partial charge in [0, 0.05) is 18.9 Å². The molecular formula is C20H20F4N6O2. The number of halogens is 4. The van der Waals surface area contributed by atoms with Crippen molar-refractivity contribution < 1.29 is 27.1 Å². The predicted molar refractivity (Wildman–Crippen MR) is 105 cm³/mol. The summed E-state index contributed by atoms with van der Waals surface area (Å²) in [7, 11) is 0. The molecule has 2 aromatic heterocycles. The van der Waals surface area contributed by atoms with E-state index in [1.165, 1.54) is 30.3 Å². The van der Waals surface area contributed by atoms with E-state index in [1.54, 1.807) is 19.9 Å². The minimum Gasteiger partial charge on any atom is -0.461 e. The predicted octanol–water partition coefficient (Wildman–Crippen LogP) is 3.45. The molecule has 1 amide bonds. The molecule has 170 valence electrons. The van der Waals surface area contributed by atoms with E-state index in [-0.39, 0.29) is 36.0 Å². The van der Waals surface area contributed by atoms with Crippen LogP contribution in [0.5, 0.6) is 6.01 Å². The number of benzene rings is 1. The van der Waals surface area contributed by atoms with Crippen LogP contribution >= 0.6 is 0 Å². The molecule has 2 heterocycles. The zero-order chi connectivity index (χ0) is 23.5. The van der Waals surface area contributed by atoms with Crippen LogP contribution in [0.3, 0.4) is 0 Å². The summed E-state index contributed by atoms with van der Waals surface area (Å²) >= 11 is 0. The number of aryl methyl sites for hydroxylation is 1. The number of hydrogen-bond donors (Lipinski definition) is 0. The van der Waals surface area contributed by atoms with E-state index in [9.17, 15) is 22.4 Å². The Morgan fingerprint density at radius 2 is 1.81 bits per heavy atom. The zero-order valence-corrected chi connectivity index (χ0v) is 17.5. The molecule has 0 radical (unpaired) electrons. The molecule has 1 aromatic carbocycles. The second-order valence-electron chi connectivity index (χ2n) is 6.91. The average molecular weight is 452 g/mol. The highest BCUT2D eigenvalue weighted by Crippen LogP contribution is 2.28. The Kier molecular flexibility index (Phi) is 6.70. The number of alkyl halides is 3. The number of rotatable bonds is 7. The molecule has 1 atom stereocenters. The molecule has 0 N–H and O–H groups in total. The molecule has 8 nitrogen and oxygen atoms in total. The van der Waals surface area contributed by atoms with Gasteiger partial charge in [0.15, 0.2) is 0 Å². The molecule has 3 aromatic rings. The number of ether oxygens (including phenoxy) is 1. The number of aromatic nitrogens is 5. The minimum absolute atomic E-state index is 0.117. The van der Waals surface area contributed by atoms with Crippen LogP contribution in [0.4, 0.5) is 17.6 Å². The molecule has 0 saturated heterocycles. The van der Waals surface area contributed by atoms with Crippen molar-refractivity contribution in [3.05, 3.63) is 59.4 Å². The first kappa shape index (κ1) is 23.1. The van der Waals surface area contributed by atoms with Gasteiger partial charge >= 0.3 is 12.2 Å². The maximum absolute atomic E-state index is 15.0. The second-order valence-corrected chi connectivity index (χ2v) is 6.91. The third kappa shape index (κ3) is 4.84. The summed E-state index contributed by atoms with van der Waals surface area (Å²) in [5.74, 6) is -1.30. The van der Waals surface area contributed by atoms with Gasteiger partial charge in [0.1, 0.15) is 23.7 Å². The summed E-state index contributed by atoms with van der Waals surface area (Å²) in [6, 6.07) is 2.24. The van der Waals surface area contributed by atoms with Gasteiger partial charge in [-0.3, -0.25) is 4.79 Å². The van der Waals surface area contributed by atoms with Gasteiger partial charge in [0.25, 0.3) is 5.91 Å². The Hall–Kier alpha value is -3.57. The van der Waals surface area contributed by atoms with Crippen molar-refractivity contribution in [2.45, 2.75) is 33.0 Å². The lowest BCUT2D eigenvalue weighted by Crippen LogP contribution is -2.42. The van der Waals surface area contributed by atoms with Crippen molar-refractivity contribution in [3.63, 3.8) is 0 Å². The van der Waals surface area contributed by atoms with E-state index in [4.69, 9.17) is 4.74 Å². The Bertz CT molecular complexity index is 1070. The monoisotopic (exact) mass is 452 g/mol. The van der Waals surface area contributed by atoms with Crippen LogP contribution < -0.4 is 4.74 Å². The van der Waals surface area contributed by atoms with Crippen LogP contribution in [0.1, 0.15) is 35.3 Å². The lowest BCUT2D eigenvalue weighted by atomic mass is 10.1. The summed E-state index contributed by atoms with van der Waals surface area (Å²) in [4.78, 5) is 22.9. The Morgan fingerprint density at radius 3 is 2.38 bits per heavy atom. The third-order valence-electron chi connectivity index (χ3n) is 4.70. The number of nitrogens with zero attached hydrogens (tertiary/aromatic N) is 6. The van der Waals surface area contributed by atoms with Gasteiger partial charge in [-0.25, -0.2) is 14.4 Å². The van der Waals surface area contributed by atoms with E-state index >= 15 is 0 Å². The highest BCUT2D eigenvalue weighted by Gasteiger charge is 2.32. The maximum Gasteiger partial charge on any atom is 0.419 e. The minimum atomic E-state index is -4.56. The molecule has 1 unspecified atom stereocenters. The number of hydrogen-bond acceptors (Lipinski definition) is 6. The van der Waals surface area contributed by atoms with Gasteiger partial charge < -0.3 is 9.64 Å². The first-order chi connectivity index (χ1) is 15.1. The van der Waals surface area contributed by atoms with Crippen LogP contribution in [0, 0.1) is 12.7 Å². The number of carbonyl (C=O) groups is 1. The van der Waals surface area contributed by atoms with Gasteiger partial charge in [-0.15, -0.1) is 0 Å². The Morgan fingerprint density at radius 1 is 1.19 bits per heavy atom. The van der Waals surface area contributed by atoms with Crippen molar-refractivity contribution in [1.29, 1.82) is 0 Å². The maximum atomic E-state index is 15.0. The third-order valence-corrected chi connectivity index (χ3v) is 4.70. The van der Waals surface area contributed by atoms with Crippen LogP contribution in [0.15, 0.2) is 36.9 Å². The molecule has 0 saturated carbocycles. The van der Waals surface area contributed by atoms with Crippen molar-refractivity contribution in [3.8, 4) is 11.7 Å². The van der Waals surface area contributed by atoms with Gasteiger partial charge in [0.2, 0.25) is 0 Å². The highest BCUT2D eigenvalue weighted by atomic mass is 19.4. The van der Waals surface area contributed by atoms with E-state index in [2.05, 4.69) is 20.2 Å². The Balaban J connectivity index is 1.80. The van der Waals surface area contributed by atoms with Gasteiger partial charge in [-0.2, -0.15) is 28.2 Å². The first-order valence-electron chi connectivity index (χ1n) is 9.62. The molecule has 0 aliphatic heterocycles. The van der Waals surface area contributed by atoms with Gasteiger partial charge in [0.05, 0.1) is 24.0 Å². The van der Waals surface area contributed by atoms with E-state index in [0.717, 1.165) is 4.80 Å². The quantitative estimate of drug-likeness (QED) is 0.511. The van der Waals surface area contributed by atoms with E-state index in [0.29, 0.717) is 12.4 Å². The summed E-state index contributed by atoms with van der Waals surface area (Å²) in [6.45, 7) is 5.01. The number of likely N-dealkylation sites (N-methyl/N-ethyl adjacent to an activating group) is 1. The standard InChI is InChI=1S/C20H20F4N6O2/c1-4-29(13(3)11-32-19-25-9-14(10-26-19)20(22,23)24)18(31)16-15(30-27-7-8-28-30)6-5-12(2)17(16)21/h5-10,13H,4,11H2,1-3H3. The van der Waals surface area contributed by atoms with Crippen LogP contribution in [0.2, 0.25) is 0 Å². The molecule has 0 bridgehead atoms. The van der Waals surface area contributed by atoms with Crippen LogP contribution in [-0.4, -0.2) is 55.0 Å². The SMILES string of the molecule is CCN(C(=O)c1c(-n2nccn2)ccc(C)c1F)C(C)COc1ncc(C(F)(F)F)cn1. The fraction of sp³-hybridized carbons (Fsp3) is 0.350. The normalized spacial score (nSPS) is 12.5. The molecule has 32 heavy (non-hydrogen) atoms. The lowest BCUT2D eigenvalue weighted by Gasteiger charge is -2.28. The van der Waals surface area contributed by atoms with Crippen LogP contribution in [0.25, 0.3) is 5.69 Å². The summed E-state index contributed by atoms with van der Waals surface area (Å²) in [5, 5.41) is 7.95. The van der Waals surface area contributed by atoms with Gasteiger partial charge in [-0.1, -0.05) is 6.07 Å². The fourth-order valence-corrected chi connectivity index (χ4v) is 3.00. The molecule has 0 aliphatic carbocycles. The summed E-state index contributed by atoms with van der Waals surface area (Å²) in [5.41, 5.74) is -0.735. The molecule has 12 heteroatoms. The first-order valence-corrected chi connectivity index (χ1v) is 9.62. The molecular weight excluding hydrogens is 432 g/mol. The molecule has 0 fully saturated rings.